The normalized spacial score (nSPS) is 14.8. The fourth-order valence-electron chi connectivity index (χ4n) is 2.49. The third-order valence-electron chi connectivity index (χ3n) is 3.77. The Hall–Kier alpha value is -2.37. The second-order valence-corrected chi connectivity index (χ2v) is 6.24. The van der Waals surface area contributed by atoms with Gasteiger partial charge in [-0.25, -0.2) is 4.79 Å². The van der Waals surface area contributed by atoms with E-state index in [1.807, 2.05) is 6.07 Å². The summed E-state index contributed by atoms with van der Waals surface area (Å²) in [6.45, 7) is 1.91. The molecule has 2 aromatic rings. The van der Waals surface area contributed by atoms with E-state index in [0.717, 1.165) is 5.56 Å². The largest absolute Gasteiger partial charge is 0.334 e. The average Bonchev–Trinajstić information content (AvgIpc) is 2.87. The lowest BCUT2D eigenvalue weighted by Crippen LogP contribution is -2.30. The van der Waals surface area contributed by atoms with Gasteiger partial charge < -0.3 is 9.74 Å². The maximum absolute atomic E-state index is 12.8. The predicted molar refractivity (Wildman–Crippen MR) is 97.0 cm³/mol. The summed E-state index contributed by atoms with van der Waals surface area (Å²) >= 11 is 12.1. The molecule has 2 aromatic carbocycles. The van der Waals surface area contributed by atoms with E-state index in [4.69, 9.17) is 28.0 Å². The lowest BCUT2D eigenvalue weighted by molar-refractivity contribution is -0.143. The van der Waals surface area contributed by atoms with Crippen LogP contribution in [0.3, 0.4) is 0 Å². The molecule has 128 valence electrons. The summed E-state index contributed by atoms with van der Waals surface area (Å²) < 4.78 is 0. The second kappa shape index (κ2) is 7.25. The Kier molecular flexibility index (Phi) is 5.06. The van der Waals surface area contributed by atoms with Gasteiger partial charge in [-0.1, -0.05) is 59.5 Å². The molecule has 0 saturated heterocycles. The maximum atomic E-state index is 12.8. The molecular formula is C18H14Cl2N2O3. The minimum Gasteiger partial charge on any atom is -0.317 e. The summed E-state index contributed by atoms with van der Waals surface area (Å²) in [4.78, 5) is 30.5. The SMILES string of the molecule is CCC(=O)O/N=C1\C(=O)N(Cc2ccc(Cl)cc2Cl)c2ccccc21. The number of halogens is 2. The number of nitrogens with zero attached hydrogens (tertiary/aromatic N) is 2. The van der Waals surface area contributed by atoms with E-state index < -0.39 is 5.97 Å². The van der Waals surface area contributed by atoms with E-state index in [-0.39, 0.29) is 24.6 Å². The molecule has 1 heterocycles. The lowest BCUT2D eigenvalue weighted by Gasteiger charge is -2.17. The van der Waals surface area contributed by atoms with Crippen LogP contribution in [0, 0.1) is 0 Å². The number of anilines is 1. The molecule has 25 heavy (non-hydrogen) atoms. The summed E-state index contributed by atoms with van der Waals surface area (Å²) in [5.41, 5.74) is 2.15. The monoisotopic (exact) mass is 376 g/mol. The Morgan fingerprint density at radius 2 is 1.96 bits per heavy atom. The number of oxime groups is 1. The molecule has 1 amide bonds. The first-order valence-electron chi connectivity index (χ1n) is 7.64. The fraction of sp³-hybridized carbons (Fsp3) is 0.167. The first-order chi connectivity index (χ1) is 12.0. The zero-order valence-corrected chi connectivity index (χ0v) is 14.8. The van der Waals surface area contributed by atoms with Crippen LogP contribution >= 0.6 is 23.2 Å². The van der Waals surface area contributed by atoms with Gasteiger partial charge in [0.15, 0.2) is 5.71 Å². The molecule has 0 radical (unpaired) electrons. The molecule has 5 nitrogen and oxygen atoms in total. The van der Waals surface area contributed by atoms with Gasteiger partial charge >= 0.3 is 5.97 Å². The highest BCUT2D eigenvalue weighted by atomic mass is 35.5. The van der Waals surface area contributed by atoms with Crippen molar-refractivity contribution < 1.29 is 14.4 Å². The standard InChI is InChI=1S/C18H14Cl2N2O3/c1-2-16(23)25-21-17-13-5-3-4-6-15(13)22(18(17)24)10-11-7-8-12(19)9-14(11)20/h3-9H,2,10H2,1H3/b21-17-. The Bertz CT molecular complexity index is 880. The minimum absolute atomic E-state index is 0.0995. The summed E-state index contributed by atoms with van der Waals surface area (Å²) in [7, 11) is 0. The van der Waals surface area contributed by atoms with E-state index in [1.165, 1.54) is 0 Å². The van der Waals surface area contributed by atoms with Crippen molar-refractivity contribution in [3.05, 3.63) is 63.6 Å². The third kappa shape index (κ3) is 3.52. The van der Waals surface area contributed by atoms with Crippen molar-refractivity contribution in [2.24, 2.45) is 5.16 Å². The first kappa shape index (κ1) is 17.5. The molecule has 0 fully saturated rings. The summed E-state index contributed by atoms with van der Waals surface area (Å²) in [5.74, 6) is -0.854. The number of carbonyl (C=O) groups is 2. The first-order valence-corrected chi connectivity index (χ1v) is 8.40. The minimum atomic E-state index is -0.503. The van der Waals surface area contributed by atoms with E-state index in [9.17, 15) is 9.59 Å². The topological polar surface area (TPSA) is 59.0 Å². The highest BCUT2D eigenvalue weighted by Gasteiger charge is 2.35. The summed E-state index contributed by atoms with van der Waals surface area (Å²) in [6, 6.07) is 12.3. The number of benzene rings is 2. The molecule has 0 bridgehead atoms. The molecule has 0 aromatic heterocycles. The third-order valence-corrected chi connectivity index (χ3v) is 4.36. The molecule has 3 rings (SSSR count). The van der Waals surface area contributed by atoms with Gasteiger partial charge in [0.25, 0.3) is 5.91 Å². The van der Waals surface area contributed by atoms with Crippen LogP contribution in [0.25, 0.3) is 0 Å². The smallest absolute Gasteiger partial charge is 0.317 e. The quantitative estimate of drug-likeness (QED) is 0.593. The van der Waals surface area contributed by atoms with Crippen LogP contribution in [-0.4, -0.2) is 17.6 Å². The van der Waals surface area contributed by atoms with Gasteiger partial charge in [-0.2, -0.15) is 0 Å². The van der Waals surface area contributed by atoms with Gasteiger partial charge in [-0.05, 0) is 23.8 Å². The van der Waals surface area contributed by atoms with Crippen molar-refractivity contribution in [1.82, 2.24) is 0 Å². The van der Waals surface area contributed by atoms with Crippen molar-refractivity contribution in [3.8, 4) is 0 Å². The van der Waals surface area contributed by atoms with Crippen molar-refractivity contribution in [2.75, 3.05) is 4.90 Å². The van der Waals surface area contributed by atoms with Gasteiger partial charge in [-0.15, -0.1) is 0 Å². The Labute approximate surface area is 154 Å². The highest BCUT2D eigenvalue weighted by Crippen LogP contribution is 2.32. The molecule has 0 spiro atoms. The molecular weight excluding hydrogens is 363 g/mol. The number of carbonyl (C=O) groups excluding carboxylic acids is 2. The number of fused-ring (bicyclic) bond motifs is 1. The maximum Gasteiger partial charge on any atom is 0.334 e. The van der Waals surface area contributed by atoms with Gasteiger partial charge in [-0.3, -0.25) is 4.79 Å². The molecule has 0 N–H and O–H groups in total. The Morgan fingerprint density at radius 3 is 2.68 bits per heavy atom. The zero-order chi connectivity index (χ0) is 18.0. The highest BCUT2D eigenvalue weighted by molar-refractivity contribution is 6.54. The van der Waals surface area contributed by atoms with E-state index in [0.29, 0.717) is 21.3 Å². The van der Waals surface area contributed by atoms with E-state index >= 15 is 0 Å². The number of amides is 1. The number of hydrogen-bond acceptors (Lipinski definition) is 4. The average molecular weight is 377 g/mol. The number of para-hydroxylation sites is 1. The molecule has 0 atom stereocenters. The van der Waals surface area contributed by atoms with Crippen molar-refractivity contribution >= 4 is 46.5 Å². The molecule has 1 aliphatic heterocycles. The van der Waals surface area contributed by atoms with Crippen LogP contribution in [-0.2, 0) is 21.0 Å². The van der Waals surface area contributed by atoms with Crippen LogP contribution in [0.4, 0.5) is 5.69 Å². The Morgan fingerprint density at radius 1 is 1.20 bits per heavy atom. The lowest BCUT2D eigenvalue weighted by atomic mass is 10.1. The van der Waals surface area contributed by atoms with Gasteiger partial charge in [0.1, 0.15) is 0 Å². The van der Waals surface area contributed by atoms with Crippen molar-refractivity contribution in [2.45, 2.75) is 19.9 Å². The van der Waals surface area contributed by atoms with Crippen LogP contribution in [0.15, 0.2) is 47.6 Å². The molecule has 0 unspecified atom stereocenters. The Balaban J connectivity index is 1.95. The molecule has 0 aliphatic carbocycles. The molecule has 0 saturated carbocycles. The fourth-order valence-corrected chi connectivity index (χ4v) is 2.96. The van der Waals surface area contributed by atoms with Crippen LogP contribution < -0.4 is 4.90 Å². The summed E-state index contributed by atoms with van der Waals surface area (Å²) in [5, 5.41) is 4.76. The van der Waals surface area contributed by atoms with Gasteiger partial charge in [0.2, 0.25) is 0 Å². The van der Waals surface area contributed by atoms with Gasteiger partial charge in [0.05, 0.1) is 12.2 Å². The van der Waals surface area contributed by atoms with Crippen LogP contribution in [0.1, 0.15) is 24.5 Å². The van der Waals surface area contributed by atoms with Gasteiger partial charge in [0, 0.05) is 22.0 Å². The second-order valence-electron chi connectivity index (χ2n) is 5.40. The van der Waals surface area contributed by atoms with E-state index in [2.05, 4.69) is 5.16 Å². The van der Waals surface area contributed by atoms with Crippen LogP contribution in [0.2, 0.25) is 10.0 Å². The van der Waals surface area contributed by atoms with Crippen molar-refractivity contribution in [1.29, 1.82) is 0 Å². The zero-order valence-electron chi connectivity index (χ0n) is 13.3. The molecule has 7 heteroatoms. The van der Waals surface area contributed by atoms with E-state index in [1.54, 1.807) is 48.2 Å². The van der Waals surface area contributed by atoms with Crippen LogP contribution in [0.5, 0.6) is 0 Å². The molecule has 1 aliphatic rings. The predicted octanol–water partition coefficient (Wildman–Crippen LogP) is 4.20. The number of hydrogen-bond donors (Lipinski definition) is 0. The van der Waals surface area contributed by atoms with Crippen molar-refractivity contribution in [3.63, 3.8) is 0 Å². The summed E-state index contributed by atoms with van der Waals surface area (Å²) in [6.07, 6.45) is 0.177. The number of rotatable bonds is 4.